The van der Waals surface area contributed by atoms with E-state index in [2.05, 4.69) is 17.8 Å². The minimum atomic E-state index is -2.57. The molecule has 2 heteroatoms. The third kappa shape index (κ3) is 6.80. The fourth-order valence-corrected chi connectivity index (χ4v) is 1.55. The third-order valence-corrected chi connectivity index (χ3v) is 2.78. The lowest BCUT2D eigenvalue weighted by molar-refractivity contribution is 0.282. The summed E-state index contributed by atoms with van der Waals surface area (Å²) in [5.74, 6) is 9.66. The first kappa shape index (κ1) is 8.20. The summed E-state index contributed by atoms with van der Waals surface area (Å²) in [5.41, 5.74) is 0.770. The molecule has 0 bridgehead atoms. The second kappa shape index (κ2) is 10.9. The zero-order chi connectivity index (χ0) is 24.9. The second-order valence-electron chi connectivity index (χ2n) is 3.72. The minimum Gasteiger partial charge on any atom is -0.392 e. The van der Waals surface area contributed by atoms with Gasteiger partial charge in [-0.05, 0) is 49.1 Å². The van der Waals surface area contributed by atoms with Crippen molar-refractivity contribution in [2.45, 2.75) is 24.7 Å². The average molecular weight is 412 g/mol. The molecule has 2 aromatic carbocycles. The number of hydrogen-bond donors (Lipinski definition) is 1. The van der Waals surface area contributed by atoms with Crippen molar-refractivity contribution in [1.82, 2.24) is 0 Å². The van der Waals surface area contributed by atoms with Crippen LogP contribution in [0.25, 0.3) is 0 Å². The van der Waals surface area contributed by atoms with Gasteiger partial charge in [-0.1, -0.05) is 58.6 Å². The summed E-state index contributed by atoms with van der Waals surface area (Å²) < 4.78 is 71.7. The predicted molar refractivity (Wildman–Crippen MR) is 102 cm³/mol. The molecule has 112 valence electrons. The van der Waals surface area contributed by atoms with Crippen LogP contribution in [0.4, 0.5) is 0 Å². The first-order valence-electron chi connectivity index (χ1n) is 11.1. The highest BCUT2D eigenvalue weighted by atomic mass is 127. The number of benzene rings is 2. The molecule has 2 aromatic rings. The van der Waals surface area contributed by atoms with E-state index in [-0.39, 0.29) is 11.1 Å². The molecule has 0 aliphatic carbocycles. The first-order valence-corrected chi connectivity index (χ1v) is 7.14. The Morgan fingerprint density at radius 3 is 2.18 bits per heavy atom. The molecule has 0 aliphatic rings. The lowest BCUT2D eigenvalue weighted by Crippen LogP contribution is -1.81. The zero-order valence-corrected chi connectivity index (χ0v) is 13.9. The van der Waals surface area contributed by atoms with Crippen LogP contribution in [0.3, 0.4) is 0 Å². The summed E-state index contributed by atoms with van der Waals surface area (Å²) in [7, 11) is 0. The van der Waals surface area contributed by atoms with Crippen molar-refractivity contribution in [1.29, 1.82) is 0 Å². The molecule has 0 amide bonds. The Hall–Kier alpha value is -1.75. The maximum absolute atomic E-state index is 8.88. The molecule has 2 rings (SSSR count). The average Bonchev–Trinajstić information content (AvgIpc) is 2.66. The third-order valence-electron chi connectivity index (χ3n) is 2.24. The van der Waals surface area contributed by atoms with Gasteiger partial charge in [0.25, 0.3) is 0 Å². The zero-order valence-electron chi connectivity index (χ0n) is 21.7. The number of aliphatic hydroxyl groups is 1. The van der Waals surface area contributed by atoms with E-state index in [9.17, 15) is 0 Å². The fraction of sp³-hybridized carbons (Fsp3) is 0.200. The van der Waals surface area contributed by atoms with Crippen LogP contribution in [-0.4, -0.2) is 5.11 Å². The van der Waals surface area contributed by atoms with E-state index in [0.29, 0.717) is 5.56 Å². The van der Waals surface area contributed by atoms with Crippen LogP contribution in [0, 0.1) is 23.7 Å². The lowest BCUT2D eigenvalue weighted by Gasteiger charge is -1.93. The van der Waals surface area contributed by atoms with Crippen LogP contribution in [0.1, 0.15) is 49.7 Å². The highest BCUT2D eigenvalue weighted by molar-refractivity contribution is 14.1. The molecule has 0 aromatic heterocycles. The van der Waals surface area contributed by atoms with Gasteiger partial charge in [-0.15, -0.1) is 11.8 Å². The van der Waals surface area contributed by atoms with Crippen molar-refractivity contribution in [3.8, 4) is 23.7 Å². The molecule has 0 radical (unpaired) electrons. The van der Waals surface area contributed by atoms with Crippen LogP contribution in [0.15, 0.2) is 48.4 Å². The van der Waals surface area contributed by atoms with Gasteiger partial charge in [-0.25, -0.2) is 0 Å². The molecule has 1 atom stereocenters. The fourth-order valence-electron chi connectivity index (χ4n) is 1.28. The van der Waals surface area contributed by atoms with Crippen LogP contribution in [0.5, 0.6) is 0 Å². The van der Waals surface area contributed by atoms with E-state index < -0.39 is 42.0 Å². The van der Waals surface area contributed by atoms with Crippen molar-refractivity contribution < 1.29 is 18.8 Å². The maximum atomic E-state index is 8.88. The Morgan fingerprint density at radius 2 is 1.68 bits per heavy atom. The number of halogens is 1. The molecule has 0 saturated carbocycles. The summed E-state index contributed by atoms with van der Waals surface area (Å²) in [4.78, 5) is 0. The first-order chi connectivity index (χ1) is 14.6. The van der Waals surface area contributed by atoms with Gasteiger partial charge >= 0.3 is 0 Å². The summed E-state index contributed by atoms with van der Waals surface area (Å²) >= 11 is 1.37. The standard InChI is InChI=1S/C10H9I.C10H10O/c2*1-2-3-9-4-6-10(8-11)7-5-9/h4-7H,8H2,1H3;4-7,11H,8H2,1H3/i1D3,4D,5D,6D,7D,8D2;8D. The van der Waals surface area contributed by atoms with Crippen LogP contribution >= 0.6 is 22.6 Å². The summed E-state index contributed by atoms with van der Waals surface area (Å²) in [5, 5.41) is 8.88. The predicted octanol–water partition coefficient (Wildman–Crippen LogP) is 4.54. The molecule has 22 heavy (non-hydrogen) atoms. The Bertz CT molecular complexity index is 1050. The van der Waals surface area contributed by atoms with Gasteiger partial charge in [0, 0.05) is 22.4 Å². The largest absolute Gasteiger partial charge is 0.392 e. The van der Waals surface area contributed by atoms with Crippen LogP contribution < -0.4 is 0 Å². The van der Waals surface area contributed by atoms with E-state index in [0.717, 1.165) is 5.56 Å². The Balaban J connectivity index is 0.000000363. The molecule has 1 nitrogen and oxygen atoms in total. The van der Waals surface area contributed by atoms with Crippen molar-refractivity contribution in [3.05, 3.63) is 70.7 Å². The normalized spacial score (nSPS) is 17.8. The lowest BCUT2D eigenvalue weighted by atomic mass is 10.1. The molecule has 0 spiro atoms. The number of aliphatic hydroxyl groups excluding tert-OH is 1. The van der Waals surface area contributed by atoms with Gasteiger partial charge in [-0.2, -0.15) is 0 Å². The van der Waals surface area contributed by atoms with Gasteiger partial charge in [-0.3, -0.25) is 0 Å². The molecule has 0 saturated heterocycles. The van der Waals surface area contributed by atoms with Gasteiger partial charge in [0.15, 0.2) is 0 Å². The topological polar surface area (TPSA) is 20.2 Å². The Kier molecular flexibility index (Phi) is 4.06. The SMILES string of the molecule is [2H]C(O)c1ccc(C#CC)cc1.[2H]c1c([2H])c(C([2H])([2H])I)c([2H])c([2H])c1C#CC([2H])([2H])[2H]. The maximum Gasteiger partial charge on any atom is 0.0681 e. The molecular weight excluding hydrogens is 383 g/mol. The van der Waals surface area contributed by atoms with E-state index in [1.807, 2.05) is 5.92 Å². The molecule has 0 aliphatic heterocycles. The molecule has 0 heterocycles. The van der Waals surface area contributed by atoms with E-state index in [1.165, 1.54) is 22.6 Å². The van der Waals surface area contributed by atoms with E-state index in [1.54, 1.807) is 31.2 Å². The number of rotatable bonds is 2. The summed E-state index contributed by atoms with van der Waals surface area (Å²) in [6, 6.07) is 4.80. The summed E-state index contributed by atoms with van der Waals surface area (Å²) in [6.45, 7) is -1.94. The van der Waals surface area contributed by atoms with Gasteiger partial charge in [0.1, 0.15) is 0 Å². The summed E-state index contributed by atoms with van der Waals surface area (Å²) in [6.07, 6.45) is 0. The van der Waals surface area contributed by atoms with Crippen molar-refractivity contribution >= 4 is 22.6 Å². The van der Waals surface area contributed by atoms with E-state index in [4.69, 9.17) is 18.8 Å². The minimum absolute atomic E-state index is 0.347. The quantitative estimate of drug-likeness (QED) is 0.436. The van der Waals surface area contributed by atoms with Crippen LogP contribution in [0.2, 0.25) is 0 Å². The van der Waals surface area contributed by atoms with E-state index >= 15 is 0 Å². The van der Waals surface area contributed by atoms with Crippen molar-refractivity contribution in [3.63, 3.8) is 0 Å². The molecular formula is C20H19IO. The van der Waals surface area contributed by atoms with Crippen molar-refractivity contribution in [2.75, 3.05) is 0 Å². The number of alkyl halides is 1. The second-order valence-corrected chi connectivity index (χ2v) is 4.26. The molecule has 1 unspecified atom stereocenters. The Labute approximate surface area is 161 Å². The molecule has 1 N–H and O–H groups in total. The smallest absolute Gasteiger partial charge is 0.0681 e. The van der Waals surface area contributed by atoms with Crippen LogP contribution in [-0.2, 0) is 11.0 Å². The van der Waals surface area contributed by atoms with Crippen molar-refractivity contribution in [2.24, 2.45) is 0 Å². The van der Waals surface area contributed by atoms with Gasteiger partial charge in [0.05, 0.1) is 13.4 Å². The monoisotopic (exact) mass is 412 g/mol. The number of hydrogen-bond acceptors (Lipinski definition) is 1. The molecule has 0 fully saturated rings. The highest BCUT2D eigenvalue weighted by Gasteiger charge is 1.89. The van der Waals surface area contributed by atoms with Gasteiger partial charge in [0.2, 0.25) is 0 Å². The van der Waals surface area contributed by atoms with Gasteiger partial charge < -0.3 is 5.11 Å². The highest BCUT2D eigenvalue weighted by Crippen LogP contribution is 2.07. The Morgan fingerprint density at radius 1 is 1.05 bits per heavy atom.